The highest BCUT2D eigenvalue weighted by Crippen LogP contribution is 2.09. The summed E-state index contributed by atoms with van der Waals surface area (Å²) in [5.74, 6) is 0.877. The molecule has 0 spiro atoms. The summed E-state index contributed by atoms with van der Waals surface area (Å²) in [4.78, 5) is 9.03. The largest absolute Gasteiger partial charge is 0.381 e. The van der Waals surface area contributed by atoms with E-state index in [0.29, 0.717) is 0 Å². The van der Waals surface area contributed by atoms with Gasteiger partial charge in [0.15, 0.2) is 0 Å². The van der Waals surface area contributed by atoms with Crippen LogP contribution in [0.4, 0.5) is 0 Å². The van der Waals surface area contributed by atoms with Crippen LogP contribution in [0.2, 0.25) is 0 Å². The Labute approximate surface area is 104 Å². The fourth-order valence-electron chi connectivity index (χ4n) is 1.71. The van der Waals surface area contributed by atoms with Crippen molar-refractivity contribution < 1.29 is 4.74 Å². The molecule has 4 heteroatoms. The molecule has 1 aromatic rings. The van der Waals surface area contributed by atoms with Crippen LogP contribution in [0.3, 0.4) is 0 Å². The third-order valence-corrected chi connectivity index (χ3v) is 2.73. The molecule has 4 nitrogen and oxygen atoms in total. The fraction of sp³-hybridized carbons (Fsp3) is 0.692. The smallest absolute Gasteiger partial charge is 0.131 e. The minimum Gasteiger partial charge on any atom is -0.381 e. The van der Waals surface area contributed by atoms with E-state index in [0.717, 1.165) is 37.3 Å². The summed E-state index contributed by atoms with van der Waals surface area (Å²) in [5, 5.41) is 3.15. The number of nitrogens with one attached hydrogen (secondary N) is 1. The average Bonchev–Trinajstić information content (AvgIpc) is 2.33. The highest BCUT2D eigenvalue weighted by atomic mass is 16.5. The van der Waals surface area contributed by atoms with Gasteiger partial charge in [0.1, 0.15) is 5.82 Å². The molecular weight excluding hydrogens is 214 g/mol. The van der Waals surface area contributed by atoms with Crippen molar-refractivity contribution in [1.29, 1.82) is 0 Å². The second-order valence-electron chi connectivity index (χ2n) is 4.29. The van der Waals surface area contributed by atoms with Crippen molar-refractivity contribution in [3.05, 3.63) is 23.3 Å². The fourth-order valence-corrected chi connectivity index (χ4v) is 1.71. The maximum Gasteiger partial charge on any atom is 0.131 e. The van der Waals surface area contributed by atoms with E-state index in [1.54, 1.807) is 7.11 Å². The van der Waals surface area contributed by atoms with Crippen molar-refractivity contribution in [3.63, 3.8) is 0 Å². The van der Waals surface area contributed by atoms with Gasteiger partial charge >= 0.3 is 0 Å². The third-order valence-electron chi connectivity index (χ3n) is 2.73. The molecule has 0 radical (unpaired) electrons. The zero-order valence-electron chi connectivity index (χ0n) is 11.3. The van der Waals surface area contributed by atoms with Crippen LogP contribution >= 0.6 is 0 Å². The van der Waals surface area contributed by atoms with Gasteiger partial charge in [0.05, 0.1) is 6.10 Å². The number of aromatic nitrogens is 2. The van der Waals surface area contributed by atoms with E-state index in [2.05, 4.69) is 22.2 Å². The van der Waals surface area contributed by atoms with Gasteiger partial charge in [-0.2, -0.15) is 0 Å². The molecule has 1 atom stereocenters. The quantitative estimate of drug-likeness (QED) is 0.784. The van der Waals surface area contributed by atoms with E-state index >= 15 is 0 Å². The standard InChI is InChI=1S/C13H23N3O/c1-5-6-12-11(8-14-3)9-15-13(16-12)7-10(2)17-4/h9-10,14H,5-8H2,1-4H3. The van der Waals surface area contributed by atoms with E-state index in [1.807, 2.05) is 20.2 Å². The number of rotatable bonds is 7. The average molecular weight is 237 g/mol. The Morgan fingerprint density at radius 3 is 2.82 bits per heavy atom. The maximum atomic E-state index is 5.24. The summed E-state index contributed by atoms with van der Waals surface area (Å²) in [6.45, 7) is 5.03. The molecule has 1 rings (SSSR count). The van der Waals surface area contributed by atoms with Gasteiger partial charge in [-0.1, -0.05) is 13.3 Å². The van der Waals surface area contributed by atoms with Crippen molar-refractivity contribution in [2.75, 3.05) is 14.2 Å². The van der Waals surface area contributed by atoms with Gasteiger partial charge in [0, 0.05) is 37.5 Å². The summed E-state index contributed by atoms with van der Waals surface area (Å²) < 4.78 is 5.24. The van der Waals surface area contributed by atoms with Crippen LogP contribution in [0.5, 0.6) is 0 Å². The summed E-state index contributed by atoms with van der Waals surface area (Å²) in [5.41, 5.74) is 2.36. The molecule has 1 N–H and O–H groups in total. The van der Waals surface area contributed by atoms with Crippen molar-refractivity contribution >= 4 is 0 Å². The van der Waals surface area contributed by atoms with Crippen LogP contribution in [0.15, 0.2) is 6.20 Å². The van der Waals surface area contributed by atoms with Crippen LogP contribution in [0.25, 0.3) is 0 Å². The van der Waals surface area contributed by atoms with Gasteiger partial charge in [-0.25, -0.2) is 9.97 Å². The van der Waals surface area contributed by atoms with E-state index in [1.165, 1.54) is 5.56 Å². The lowest BCUT2D eigenvalue weighted by Gasteiger charge is -2.11. The highest BCUT2D eigenvalue weighted by Gasteiger charge is 2.09. The molecule has 0 aliphatic heterocycles. The van der Waals surface area contributed by atoms with E-state index in [9.17, 15) is 0 Å². The van der Waals surface area contributed by atoms with Crippen molar-refractivity contribution in [1.82, 2.24) is 15.3 Å². The van der Waals surface area contributed by atoms with Gasteiger partial charge in [0.2, 0.25) is 0 Å². The Balaban J connectivity index is 2.84. The van der Waals surface area contributed by atoms with Gasteiger partial charge in [-0.3, -0.25) is 0 Å². The highest BCUT2D eigenvalue weighted by molar-refractivity contribution is 5.18. The van der Waals surface area contributed by atoms with Crippen LogP contribution in [0, 0.1) is 0 Å². The van der Waals surface area contributed by atoms with E-state index in [-0.39, 0.29) is 6.10 Å². The first-order valence-corrected chi connectivity index (χ1v) is 6.22. The normalized spacial score (nSPS) is 12.7. The second-order valence-corrected chi connectivity index (χ2v) is 4.29. The van der Waals surface area contributed by atoms with Gasteiger partial charge in [0.25, 0.3) is 0 Å². The topological polar surface area (TPSA) is 47.0 Å². The molecule has 0 aliphatic carbocycles. The van der Waals surface area contributed by atoms with E-state index < -0.39 is 0 Å². The molecule has 0 saturated heterocycles. The lowest BCUT2D eigenvalue weighted by molar-refractivity contribution is 0.117. The summed E-state index contributed by atoms with van der Waals surface area (Å²) in [6.07, 6.45) is 4.99. The summed E-state index contributed by atoms with van der Waals surface area (Å²) in [7, 11) is 3.66. The van der Waals surface area contributed by atoms with E-state index in [4.69, 9.17) is 4.74 Å². The predicted octanol–water partition coefficient (Wildman–Crippen LogP) is 1.73. The molecule has 0 amide bonds. The van der Waals surface area contributed by atoms with Crippen molar-refractivity contribution in [3.8, 4) is 0 Å². The Morgan fingerprint density at radius 2 is 2.24 bits per heavy atom. The molecule has 1 aromatic heterocycles. The monoisotopic (exact) mass is 237 g/mol. The minimum absolute atomic E-state index is 0.166. The van der Waals surface area contributed by atoms with Crippen LogP contribution in [-0.4, -0.2) is 30.2 Å². The first kappa shape index (κ1) is 14.1. The number of hydrogen-bond acceptors (Lipinski definition) is 4. The minimum atomic E-state index is 0.166. The SMILES string of the molecule is CCCc1nc(CC(C)OC)ncc1CNC. The molecule has 17 heavy (non-hydrogen) atoms. The first-order chi connectivity index (χ1) is 8.21. The number of methoxy groups -OCH3 is 1. The number of hydrogen-bond donors (Lipinski definition) is 1. The third kappa shape index (κ3) is 4.40. The van der Waals surface area contributed by atoms with Gasteiger partial charge < -0.3 is 10.1 Å². The maximum absolute atomic E-state index is 5.24. The van der Waals surface area contributed by atoms with Crippen LogP contribution < -0.4 is 5.32 Å². The summed E-state index contributed by atoms with van der Waals surface area (Å²) >= 11 is 0. The Kier molecular flexibility index (Phi) is 6.08. The molecule has 1 unspecified atom stereocenters. The number of nitrogens with zero attached hydrogens (tertiary/aromatic N) is 2. The Bertz CT molecular complexity index is 341. The molecule has 0 aromatic carbocycles. The molecule has 0 fully saturated rings. The van der Waals surface area contributed by atoms with Gasteiger partial charge in [-0.15, -0.1) is 0 Å². The van der Waals surface area contributed by atoms with Gasteiger partial charge in [-0.05, 0) is 20.4 Å². The zero-order valence-corrected chi connectivity index (χ0v) is 11.3. The lowest BCUT2D eigenvalue weighted by Crippen LogP contribution is -2.15. The van der Waals surface area contributed by atoms with Crippen molar-refractivity contribution in [2.45, 2.75) is 45.8 Å². The molecule has 0 aliphatic rings. The molecule has 0 saturated carbocycles. The molecule has 0 bridgehead atoms. The van der Waals surface area contributed by atoms with Crippen LogP contribution in [0.1, 0.15) is 37.4 Å². The zero-order chi connectivity index (χ0) is 12.7. The summed E-state index contributed by atoms with van der Waals surface area (Å²) in [6, 6.07) is 0. The Morgan fingerprint density at radius 1 is 1.47 bits per heavy atom. The number of aryl methyl sites for hydroxylation is 1. The Hall–Kier alpha value is -1.00. The van der Waals surface area contributed by atoms with Crippen LogP contribution in [-0.2, 0) is 24.1 Å². The molecule has 96 valence electrons. The van der Waals surface area contributed by atoms with Crippen molar-refractivity contribution in [2.24, 2.45) is 0 Å². The molecule has 1 heterocycles. The number of ether oxygens (including phenoxy) is 1. The molecular formula is C13H23N3O. The lowest BCUT2D eigenvalue weighted by atomic mass is 10.1. The second kappa shape index (κ2) is 7.35. The first-order valence-electron chi connectivity index (χ1n) is 6.22. The predicted molar refractivity (Wildman–Crippen MR) is 69.0 cm³/mol.